The highest BCUT2D eigenvalue weighted by molar-refractivity contribution is 5.78. The molecular formula is C14H26N4O2. The second-order valence-electron chi connectivity index (χ2n) is 6.20. The third-order valence-corrected chi connectivity index (χ3v) is 4.77. The van der Waals surface area contributed by atoms with E-state index in [-0.39, 0.29) is 18.1 Å². The molecule has 3 aliphatic rings. The quantitative estimate of drug-likeness (QED) is 0.664. The van der Waals surface area contributed by atoms with E-state index in [1.165, 1.54) is 12.8 Å². The molecule has 3 rings (SSSR count). The van der Waals surface area contributed by atoms with Crippen molar-refractivity contribution < 1.29 is 9.90 Å². The number of rotatable bonds is 3. The molecule has 1 amide bonds. The van der Waals surface area contributed by atoms with Gasteiger partial charge in [0.15, 0.2) is 0 Å². The lowest BCUT2D eigenvalue weighted by Crippen LogP contribution is -2.49. The van der Waals surface area contributed by atoms with Gasteiger partial charge in [-0.1, -0.05) is 0 Å². The van der Waals surface area contributed by atoms with E-state index in [0.29, 0.717) is 13.1 Å². The lowest BCUT2D eigenvalue weighted by molar-refractivity contribution is -0.132. The third-order valence-electron chi connectivity index (χ3n) is 4.77. The van der Waals surface area contributed by atoms with Gasteiger partial charge >= 0.3 is 0 Å². The minimum absolute atomic E-state index is 0.209. The van der Waals surface area contributed by atoms with Crippen LogP contribution in [0, 0.1) is 0 Å². The number of hydrogen-bond donors (Lipinski definition) is 2. The molecule has 20 heavy (non-hydrogen) atoms. The van der Waals surface area contributed by atoms with Gasteiger partial charge in [0.2, 0.25) is 5.91 Å². The lowest BCUT2D eigenvalue weighted by Gasteiger charge is -2.29. The van der Waals surface area contributed by atoms with E-state index in [9.17, 15) is 9.90 Å². The molecule has 2 atom stereocenters. The molecule has 6 nitrogen and oxygen atoms in total. The molecule has 0 bridgehead atoms. The second-order valence-corrected chi connectivity index (χ2v) is 6.20. The Hall–Kier alpha value is -0.690. The highest BCUT2D eigenvalue weighted by Crippen LogP contribution is 2.20. The number of carbonyl (C=O) groups excluding carboxylic acids is 1. The summed E-state index contributed by atoms with van der Waals surface area (Å²) in [6, 6.07) is 0.230. The van der Waals surface area contributed by atoms with E-state index < -0.39 is 0 Å². The first-order chi connectivity index (χ1) is 9.74. The monoisotopic (exact) mass is 282 g/mol. The van der Waals surface area contributed by atoms with Crippen molar-refractivity contribution >= 4 is 5.91 Å². The Morgan fingerprint density at radius 2 is 1.80 bits per heavy atom. The highest BCUT2D eigenvalue weighted by atomic mass is 16.3. The summed E-state index contributed by atoms with van der Waals surface area (Å²) >= 11 is 0. The molecule has 0 aliphatic carbocycles. The molecule has 3 fully saturated rings. The fraction of sp³-hybridized carbons (Fsp3) is 0.929. The van der Waals surface area contributed by atoms with Crippen LogP contribution < -0.4 is 5.32 Å². The first-order valence-corrected chi connectivity index (χ1v) is 7.87. The maximum atomic E-state index is 12.2. The van der Waals surface area contributed by atoms with Crippen molar-refractivity contribution in [3.05, 3.63) is 0 Å². The van der Waals surface area contributed by atoms with E-state index in [0.717, 1.165) is 45.8 Å². The Labute approximate surface area is 120 Å². The largest absolute Gasteiger partial charge is 0.390 e. The van der Waals surface area contributed by atoms with Crippen molar-refractivity contribution in [2.45, 2.75) is 25.0 Å². The second kappa shape index (κ2) is 6.39. The maximum absolute atomic E-state index is 12.2. The van der Waals surface area contributed by atoms with Gasteiger partial charge in [-0.3, -0.25) is 14.6 Å². The summed E-state index contributed by atoms with van der Waals surface area (Å²) in [6.45, 7) is 7.53. The van der Waals surface area contributed by atoms with Crippen molar-refractivity contribution in [3.63, 3.8) is 0 Å². The van der Waals surface area contributed by atoms with Gasteiger partial charge in [-0.25, -0.2) is 0 Å². The molecule has 0 spiro atoms. The van der Waals surface area contributed by atoms with Crippen LogP contribution in [0.4, 0.5) is 0 Å². The summed E-state index contributed by atoms with van der Waals surface area (Å²) in [5, 5.41) is 13.5. The van der Waals surface area contributed by atoms with Crippen molar-refractivity contribution in [2.24, 2.45) is 0 Å². The average molecular weight is 282 g/mol. The Bertz CT molecular complexity index is 340. The number of aliphatic hydroxyl groups excluding tert-OH is 1. The van der Waals surface area contributed by atoms with E-state index >= 15 is 0 Å². The SMILES string of the molecule is O=C(CN1C[C@H](O)[C@@H](N2CCCC2)C1)N1CCNCC1. The van der Waals surface area contributed by atoms with Crippen LogP contribution in [0.15, 0.2) is 0 Å². The zero-order valence-electron chi connectivity index (χ0n) is 12.1. The Morgan fingerprint density at radius 1 is 1.10 bits per heavy atom. The minimum Gasteiger partial charge on any atom is -0.390 e. The van der Waals surface area contributed by atoms with Crippen molar-refractivity contribution in [2.75, 3.05) is 58.9 Å². The standard InChI is InChI=1S/C14H26N4O2/c19-13-10-16(9-12(13)17-5-1-2-6-17)11-14(20)18-7-3-15-4-8-18/h12-13,15,19H,1-11H2/t12-,13-/m0/s1. The Balaban J connectivity index is 1.49. The molecule has 0 aromatic heterocycles. The number of hydrogen-bond acceptors (Lipinski definition) is 5. The summed E-state index contributed by atoms with van der Waals surface area (Å²) in [4.78, 5) is 18.7. The van der Waals surface area contributed by atoms with E-state index in [1.54, 1.807) is 0 Å². The number of nitrogens with one attached hydrogen (secondary N) is 1. The minimum atomic E-state index is -0.302. The first-order valence-electron chi connectivity index (χ1n) is 7.87. The van der Waals surface area contributed by atoms with Gasteiger partial charge in [0.1, 0.15) is 0 Å². The fourth-order valence-electron chi connectivity index (χ4n) is 3.61. The molecule has 0 saturated carbocycles. The zero-order valence-corrected chi connectivity index (χ0v) is 12.1. The van der Waals surface area contributed by atoms with Crippen LogP contribution in [0.5, 0.6) is 0 Å². The molecule has 3 heterocycles. The predicted octanol–water partition coefficient (Wildman–Crippen LogP) is -1.44. The topological polar surface area (TPSA) is 59.1 Å². The number of β-amino-alcohol motifs (C(OH)–C–C–N with tert-alkyl or cyclic N) is 1. The fourth-order valence-corrected chi connectivity index (χ4v) is 3.61. The Kier molecular flexibility index (Phi) is 4.55. The van der Waals surface area contributed by atoms with Gasteiger partial charge in [0.25, 0.3) is 0 Å². The molecule has 0 unspecified atom stereocenters. The lowest BCUT2D eigenvalue weighted by atomic mass is 10.2. The van der Waals surface area contributed by atoms with Crippen LogP contribution in [0.3, 0.4) is 0 Å². The van der Waals surface area contributed by atoms with Crippen LogP contribution in [0.2, 0.25) is 0 Å². The summed E-state index contributed by atoms with van der Waals surface area (Å²) in [5.41, 5.74) is 0. The number of nitrogens with zero attached hydrogens (tertiary/aromatic N) is 3. The Morgan fingerprint density at radius 3 is 2.50 bits per heavy atom. The third kappa shape index (κ3) is 3.14. The van der Waals surface area contributed by atoms with Crippen LogP contribution in [0.1, 0.15) is 12.8 Å². The molecule has 3 saturated heterocycles. The van der Waals surface area contributed by atoms with Gasteiger partial charge in [-0.2, -0.15) is 0 Å². The number of aliphatic hydroxyl groups is 1. The molecule has 3 aliphatic heterocycles. The molecule has 0 radical (unpaired) electrons. The average Bonchev–Trinajstić information content (AvgIpc) is 3.09. The summed E-state index contributed by atoms with van der Waals surface area (Å²) < 4.78 is 0. The number of carbonyl (C=O) groups is 1. The summed E-state index contributed by atoms with van der Waals surface area (Å²) in [5.74, 6) is 0.209. The molecule has 0 aromatic rings. The van der Waals surface area contributed by atoms with Crippen LogP contribution in [-0.2, 0) is 4.79 Å². The predicted molar refractivity (Wildman–Crippen MR) is 76.5 cm³/mol. The van der Waals surface area contributed by atoms with Crippen molar-refractivity contribution in [1.29, 1.82) is 0 Å². The number of amides is 1. The molecular weight excluding hydrogens is 256 g/mol. The molecule has 114 valence electrons. The smallest absolute Gasteiger partial charge is 0.236 e. The van der Waals surface area contributed by atoms with Crippen LogP contribution in [0.25, 0.3) is 0 Å². The number of likely N-dealkylation sites (tertiary alicyclic amines) is 2. The van der Waals surface area contributed by atoms with Gasteiger partial charge in [0, 0.05) is 45.3 Å². The molecule has 2 N–H and O–H groups in total. The van der Waals surface area contributed by atoms with Crippen LogP contribution >= 0.6 is 0 Å². The first kappa shape index (κ1) is 14.3. The van der Waals surface area contributed by atoms with Crippen molar-refractivity contribution in [3.8, 4) is 0 Å². The van der Waals surface area contributed by atoms with E-state index in [2.05, 4.69) is 15.1 Å². The normalized spacial score (nSPS) is 33.0. The number of piperazine rings is 1. The zero-order chi connectivity index (χ0) is 13.9. The van der Waals surface area contributed by atoms with Gasteiger partial charge < -0.3 is 15.3 Å². The molecule has 6 heteroatoms. The van der Waals surface area contributed by atoms with Gasteiger partial charge in [-0.05, 0) is 25.9 Å². The highest BCUT2D eigenvalue weighted by Gasteiger charge is 2.37. The van der Waals surface area contributed by atoms with Crippen LogP contribution in [-0.4, -0.2) is 96.8 Å². The van der Waals surface area contributed by atoms with Gasteiger partial charge in [0.05, 0.1) is 12.6 Å². The van der Waals surface area contributed by atoms with Gasteiger partial charge in [-0.15, -0.1) is 0 Å². The van der Waals surface area contributed by atoms with E-state index in [1.807, 2.05) is 4.90 Å². The summed E-state index contributed by atoms with van der Waals surface area (Å²) in [6.07, 6.45) is 2.18. The molecule has 0 aromatic carbocycles. The van der Waals surface area contributed by atoms with Crippen molar-refractivity contribution in [1.82, 2.24) is 20.0 Å². The van der Waals surface area contributed by atoms with E-state index in [4.69, 9.17) is 0 Å². The maximum Gasteiger partial charge on any atom is 0.236 e. The summed E-state index contributed by atoms with van der Waals surface area (Å²) in [7, 11) is 0.